The van der Waals surface area contributed by atoms with Crippen LogP contribution in [0.5, 0.6) is 0 Å². The van der Waals surface area contributed by atoms with Crippen molar-refractivity contribution in [1.82, 2.24) is 0 Å². The molecule has 0 saturated heterocycles. The van der Waals surface area contributed by atoms with Gasteiger partial charge in [-0.15, -0.1) is 0 Å². The van der Waals surface area contributed by atoms with E-state index in [2.05, 4.69) is 5.32 Å². The lowest BCUT2D eigenvalue weighted by Crippen LogP contribution is -2.15. The van der Waals surface area contributed by atoms with Gasteiger partial charge in [-0.05, 0) is 24.0 Å². The molecule has 17 heavy (non-hydrogen) atoms. The number of carbonyl (C=O) groups excluding carboxylic acids is 1. The molecule has 0 heterocycles. The third-order valence-corrected chi connectivity index (χ3v) is 3.13. The van der Waals surface area contributed by atoms with E-state index in [0.717, 1.165) is 5.75 Å². The second-order valence-electron chi connectivity index (χ2n) is 3.19. The van der Waals surface area contributed by atoms with Crippen LogP contribution in [0.2, 0.25) is 5.02 Å². The van der Waals surface area contributed by atoms with Crippen LogP contribution in [0.1, 0.15) is 17.3 Å². The predicted molar refractivity (Wildman–Crippen MR) is 70.0 cm³/mol. The van der Waals surface area contributed by atoms with Gasteiger partial charge in [0, 0.05) is 0 Å². The largest absolute Gasteiger partial charge is 0.478 e. The van der Waals surface area contributed by atoms with Gasteiger partial charge >= 0.3 is 5.97 Å². The number of thioether (sulfide) groups is 1. The lowest BCUT2D eigenvalue weighted by Gasteiger charge is -2.07. The highest BCUT2D eigenvalue weighted by molar-refractivity contribution is 7.99. The summed E-state index contributed by atoms with van der Waals surface area (Å²) >= 11 is 7.34. The summed E-state index contributed by atoms with van der Waals surface area (Å²) in [5, 5.41) is 11.7. The van der Waals surface area contributed by atoms with Gasteiger partial charge in [-0.2, -0.15) is 11.8 Å². The van der Waals surface area contributed by atoms with Crippen LogP contribution in [0.15, 0.2) is 18.2 Å². The Bertz CT molecular complexity index is 437. The molecule has 1 rings (SSSR count). The molecular formula is C11H12ClNO3S. The fourth-order valence-corrected chi connectivity index (χ4v) is 1.76. The molecule has 1 aromatic rings. The van der Waals surface area contributed by atoms with Gasteiger partial charge < -0.3 is 10.4 Å². The molecule has 2 N–H and O–H groups in total. The number of halogens is 1. The molecule has 1 amide bonds. The Morgan fingerprint density at radius 1 is 1.47 bits per heavy atom. The summed E-state index contributed by atoms with van der Waals surface area (Å²) in [5.41, 5.74) is 0.418. The van der Waals surface area contributed by atoms with Crippen molar-refractivity contribution in [2.24, 2.45) is 0 Å². The Balaban J connectivity index is 2.79. The topological polar surface area (TPSA) is 66.4 Å². The number of aromatic carboxylic acids is 1. The third-order valence-electron chi connectivity index (χ3n) is 1.92. The minimum absolute atomic E-state index is 0.0906. The zero-order valence-electron chi connectivity index (χ0n) is 9.20. The standard InChI is InChI=1S/C11H12ClNO3S/c1-2-17-6-10(14)13-9-5-7(11(15)16)3-4-8(9)12/h3-5H,2,6H2,1H3,(H,13,14)(H,15,16). The fraction of sp³-hybridized carbons (Fsp3) is 0.273. The highest BCUT2D eigenvalue weighted by Gasteiger charge is 2.09. The Morgan fingerprint density at radius 3 is 2.76 bits per heavy atom. The van der Waals surface area contributed by atoms with E-state index in [1.807, 2.05) is 6.92 Å². The molecule has 0 fully saturated rings. The number of rotatable bonds is 5. The van der Waals surface area contributed by atoms with Gasteiger partial charge in [0.2, 0.25) is 5.91 Å². The summed E-state index contributed by atoms with van der Waals surface area (Å²) in [6, 6.07) is 4.19. The molecule has 6 heteroatoms. The summed E-state index contributed by atoms with van der Waals surface area (Å²) in [6.45, 7) is 1.95. The molecule has 0 aromatic heterocycles. The van der Waals surface area contributed by atoms with Gasteiger partial charge in [0.05, 0.1) is 22.0 Å². The number of carboxylic acids is 1. The zero-order chi connectivity index (χ0) is 12.8. The van der Waals surface area contributed by atoms with Crippen molar-refractivity contribution in [2.75, 3.05) is 16.8 Å². The van der Waals surface area contributed by atoms with E-state index in [4.69, 9.17) is 16.7 Å². The molecular weight excluding hydrogens is 262 g/mol. The summed E-state index contributed by atoms with van der Waals surface area (Å²) in [4.78, 5) is 22.2. The summed E-state index contributed by atoms with van der Waals surface area (Å²) in [7, 11) is 0. The van der Waals surface area contributed by atoms with Gasteiger partial charge in [-0.3, -0.25) is 4.79 Å². The van der Waals surface area contributed by atoms with Gasteiger partial charge in [-0.1, -0.05) is 18.5 Å². The van der Waals surface area contributed by atoms with E-state index >= 15 is 0 Å². The maximum absolute atomic E-state index is 11.5. The average molecular weight is 274 g/mol. The summed E-state index contributed by atoms with van der Waals surface area (Å²) in [5.74, 6) is -0.0816. The van der Waals surface area contributed by atoms with Crippen LogP contribution in [-0.2, 0) is 4.79 Å². The second-order valence-corrected chi connectivity index (χ2v) is 4.87. The molecule has 0 atom stereocenters. The number of nitrogens with one attached hydrogen (secondary N) is 1. The smallest absolute Gasteiger partial charge is 0.335 e. The van der Waals surface area contributed by atoms with Crippen molar-refractivity contribution in [2.45, 2.75) is 6.92 Å². The van der Waals surface area contributed by atoms with Crippen LogP contribution >= 0.6 is 23.4 Å². The van der Waals surface area contributed by atoms with Gasteiger partial charge in [0.15, 0.2) is 0 Å². The first-order chi connectivity index (χ1) is 8.04. The van der Waals surface area contributed by atoms with Crippen LogP contribution in [-0.4, -0.2) is 28.5 Å². The minimum atomic E-state index is -1.06. The molecule has 4 nitrogen and oxygen atoms in total. The average Bonchev–Trinajstić information content (AvgIpc) is 2.29. The van der Waals surface area contributed by atoms with Crippen LogP contribution in [0.3, 0.4) is 0 Å². The molecule has 0 aliphatic rings. The van der Waals surface area contributed by atoms with Crippen molar-refractivity contribution in [3.05, 3.63) is 28.8 Å². The van der Waals surface area contributed by atoms with Crippen molar-refractivity contribution < 1.29 is 14.7 Å². The number of hydrogen-bond acceptors (Lipinski definition) is 3. The molecule has 0 aliphatic heterocycles. The lowest BCUT2D eigenvalue weighted by molar-refractivity contribution is -0.113. The summed E-state index contributed by atoms with van der Waals surface area (Å²) in [6.07, 6.45) is 0. The summed E-state index contributed by atoms with van der Waals surface area (Å²) < 4.78 is 0. The van der Waals surface area contributed by atoms with E-state index in [9.17, 15) is 9.59 Å². The zero-order valence-corrected chi connectivity index (χ0v) is 10.8. The van der Waals surface area contributed by atoms with E-state index in [1.165, 1.54) is 30.0 Å². The monoisotopic (exact) mass is 273 g/mol. The predicted octanol–water partition coefficient (Wildman–Crippen LogP) is 2.73. The van der Waals surface area contributed by atoms with Crippen molar-refractivity contribution in [3.63, 3.8) is 0 Å². The van der Waals surface area contributed by atoms with Crippen molar-refractivity contribution in [3.8, 4) is 0 Å². The van der Waals surface area contributed by atoms with Crippen LogP contribution in [0.4, 0.5) is 5.69 Å². The Labute approximate surface area is 108 Å². The van der Waals surface area contributed by atoms with Gasteiger partial charge in [0.1, 0.15) is 0 Å². The normalized spacial score (nSPS) is 10.0. The highest BCUT2D eigenvalue weighted by atomic mass is 35.5. The van der Waals surface area contributed by atoms with Crippen molar-refractivity contribution in [1.29, 1.82) is 0 Å². The Morgan fingerprint density at radius 2 is 2.18 bits per heavy atom. The molecule has 0 unspecified atom stereocenters. The molecule has 0 radical (unpaired) electrons. The quantitative estimate of drug-likeness (QED) is 0.866. The van der Waals surface area contributed by atoms with E-state index in [-0.39, 0.29) is 11.5 Å². The molecule has 0 saturated carbocycles. The minimum Gasteiger partial charge on any atom is -0.478 e. The highest BCUT2D eigenvalue weighted by Crippen LogP contribution is 2.23. The first-order valence-electron chi connectivity index (χ1n) is 4.95. The maximum Gasteiger partial charge on any atom is 0.335 e. The molecule has 92 valence electrons. The van der Waals surface area contributed by atoms with E-state index in [1.54, 1.807) is 0 Å². The fourth-order valence-electron chi connectivity index (χ4n) is 1.14. The van der Waals surface area contributed by atoms with Gasteiger partial charge in [0.25, 0.3) is 0 Å². The molecule has 0 spiro atoms. The number of carbonyl (C=O) groups is 2. The van der Waals surface area contributed by atoms with Crippen LogP contribution in [0, 0.1) is 0 Å². The maximum atomic E-state index is 11.5. The second kappa shape index (κ2) is 6.51. The molecule has 1 aromatic carbocycles. The van der Waals surface area contributed by atoms with E-state index < -0.39 is 5.97 Å². The number of amides is 1. The van der Waals surface area contributed by atoms with Crippen LogP contribution in [0.25, 0.3) is 0 Å². The van der Waals surface area contributed by atoms with Gasteiger partial charge in [-0.25, -0.2) is 4.79 Å². The first-order valence-corrected chi connectivity index (χ1v) is 6.48. The first kappa shape index (κ1) is 13.9. The Hall–Kier alpha value is -1.20. The van der Waals surface area contributed by atoms with E-state index in [0.29, 0.717) is 16.5 Å². The Kier molecular flexibility index (Phi) is 5.31. The lowest BCUT2D eigenvalue weighted by atomic mass is 10.2. The third kappa shape index (κ3) is 4.28. The number of carboxylic acid groups (broad SMARTS) is 1. The number of anilines is 1. The molecule has 0 bridgehead atoms. The number of benzene rings is 1. The number of hydrogen-bond donors (Lipinski definition) is 2. The SMILES string of the molecule is CCSCC(=O)Nc1cc(C(=O)O)ccc1Cl. The van der Waals surface area contributed by atoms with Crippen molar-refractivity contribution >= 4 is 40.9 Å². The van der Waals surface area contributed by atoms with Crippen LogP contribution < -0.4 is 5.32 Å². The molecule has 0 aliphatic carbocycles.